The van der Waals surface area contributed by atoms with Crippen molar-refractivity contribution in [3.05, 3.63) is 115 Å². The molecular weight excluding hydrogens is 525 g/mol. The monoisotopic (exact) mass is 550 g/mol. The van der Waals surface area contributed by atoms with E-state index in [1.165, 1.54) is 23.9 Å². The Morgan fingerprint density at radius 1 is 0.892 bits per heavy atom. The van der Waals surface area contributed by atoms with Gasteiger partial charge in [-0.05, 0) is 64.9 Å². The molecule has 0 bridgehead atoms. The van der Waals surface area contributed by atoms with E-state index in [2.05, 4.69) is 9.71 Å². The Labute approximate surface area is 225 Å². The van der Waals surface area contributed by atoms with E-state index >= 15 is 0 Å². The standard InChI is InChI=1S/C28H26N2O4S3/c1-35-24-11-7-21(8-12-24)22-9-13-25(14-10-22)37(33,34)30-26(28(31)32)27(23-5-3-2-4-6-23)36-19-20-15-17-29-18-16-20/h2-18,26-27,30H,19H2,1H3,(H,31,32). The SMILES string of the molecule is CSc1ccc(-c2ccc(S(=O)(=O)NC(C(=O)O)C(SCc3ccncc3)c3ccccc3)cc2)cc1. The minimum absolute atomic E-state index is 0.00850. The Kier molecular flexibility index (Phi) is 9.04. The molecule has 2 atom stereocenters. The molecule has 0 saturated heterocycles. The van der Waals surface area contributed by atoms with Crippen molar-refractivity contribution < 1.29 is 18.3 Å². The van der Waals surface area contributed by atoms with Gasteiger partial charge in [0.05, 0.1) is 10.1 Å². The summed E-state index contributed by atoms with van der Waals surface area (Å²) in [6, 6.07) is 25.9. The average Bonchev–Trinajstić information content (AvgIpc) is 2.93. The zero-order valence-corrected chi connectivity index (χ0v) is 22.5. The molecule has 4 aromatic rings. The van der Waals surface area contributed by atoms with Gasteiger partial charge in [0.15, 0.2) is 0 Å². The number of pyridine rings is 1. The normalized spacial score (nSPS) is 13.1. The third-order valence-electron chi connectivity index (χ3n) is 5.75. The molecule has 1 aromatic heterocycles. The van der Waals surface area contributed by atoms with E-state index in [-0.39, 0.29) is 4.90 Å². The fraction of sp³-hybridized carbons (Fsp3) is 0.143. The Balaban J connectivity index is 1.58. The van der Waals surface area contributed by atoms with E-state index < -0.39 is 27.3 Å². The third kappa shape index (κ3) is 7.01. The highest BCUT2D eigenvalue weighted by atomic mass is 32.2. The number of rotatable bonds is 11. The lowest BCUT2D eigenvalue weighted by Gasteiger charge is -2.25. The number of nitrogens with zero attached hydrogens (tertiary/aromatic N) is 1. The van der Waals surface area contributed by atoms with E-state index in [1.54, 1.807) is 36.3 Å². The Morgan fingerprint density at radius 2 is 1.49 bits per heavy atom. The van der Waals surface area contributed by atoms with Crippen molar-refractivity contribution in [1.82, 2.24) is 9.71 Å². The number of hydrogen-bond donors (Lipinski definition) is 2. The molecule has 0 aliphatic rings. The molecule has 0 fully saturated rings. The molecule has 3 aromatic carbocycles. The van der Waals surface area contributed by atoms with Gasteiger partial charge in [0.25, 0.3) is 0 Å². The number of carbonyl (C=O) groups is 1. The van der Waals surface area contributed by atoms with Crippen LogP contribution < -0.4 is 4.72 Å². The van der Waals surface area contributed by atoms with Gasteiger partial charge in [-0.3, -0.25) is 9.78 Å². The summed E-state index contributed by atoms with van der Waals surface area (Å²) in [4.78, 5) is 17.5. The number of benzene rings is 3. The maximum absolute atomic E-state index is 13.3. The number of carboxylic acids is 1. The number of thioether (sulfide) groups is 2. The molecule has 0 aliphatic carbocycles. The van der Waals surface area contributed by atoms with Crippen molar-refractivity contribution in [2.45, 2.75) is 26.8 Å². The molecule has 6 nitrogen and oxygen atoms in total. The van der Waals surface area contributed by atoms with Crippen LogP contribution in [0.25, 0.3) is 11.1 Å². The summed E-state index contributed by atoms with van der Waals surface area (Å²) < 4.78 is 29.0. The van der Waals surface area contributed by atoms with Crippen LogP contribution in [0.1, 0.15) is 16.4 Å². The second kappa shape index (κ2) is 12.4. The van der Waals surface area contributed by atoms with Crippen molar-refractivity contribution in [3.8, 4) is 11.1 Å². The van der Waals surface area contributed by atoms with E-state index in [4.69, 9.17) is 0 Å². The maximum atomic E-state index is 13.3. The van der Waals surface area contributed by atoms with E-state index in [0.29, 0.717) is 5.75 Å². The molecule has 0 aliphatic heterocycles. The fourth-order valence-electron chi connectivity index (χ4n) is 3.78. The van der Waals surface area contributed by atoms with Crippen molar-refractivity contribution in [3.63, 3.8) is 0 Å². The van der Waals surface area contributed by atoms with Crippen LogP contribution in [0.2, 0.25) is 0 Å². The summed E-state index contributed by atoms with van der Waals surface area (Å²) in [5.41, 5.74) is 3.53. The number of aliphatic carboxylic acids is 1. The summed E-state index contributed by atoms with van der Waals surface area (Å²) in [6.45, 7) is 0. The topological polar surface area (TPSA) is 96.4 Å². The largest absolute Gasteiger partial charge is 0.480 e. The smallest absolute Gasteiger partial charge is 0.323 e. The quantitative estimate of drug-likeness (QED) is 0.225. The number of carboxylic acid groups (broad SMARTS) is 1. The van der Waals surface area contributed by atoms with Crippen molar-refractivity contribution in [1.29, 1.82) is 0 Å². The highest BCUT2D eigenvalue weighted by molar-refractivity contribution is 7.99. The zero-order chi connectivity index (χ0) is 26.3. The van der Waals surface area contributed by atoms with Gasteiger partial charge in [-0.2, -0.15) is 4.72 Å². The van der Waals surface area contributed by atoms with Gasteiger partial charge in [0.2, 0.25) is 10.0 Å². The van der Waals surface area contributed by atoms with Crippen LogP contribution in [-0.4, -0.2) is 36.8 Å². The molecule has 0 radical (unpaired) electrons. The van der Waals surface area contributed by atoms with Crippen LogP contribution in [0.3, 0.4) is 0 Å². The Bertz CT molecular complexity index is 1410. The molecule has 4 rings (SSSR count). The Hall–Kier alpha value is -3.11. The van der Waals surface area contributed by atoms with Crippen LogP contribution >= 0.6 is 23.5 Å². The van der Waals surface area contributed by atoms with Gasteiger partial charge < -0.3 is 5.11 Å². The van der Waals surface area contributed by atoms with Crippen LogP contribution in [0, 0.1) is 0 Å². The minimum atomic E-state index is -4.11. The van der Waals surface area contributed by atoms with Crippen molar-refractivity contribution in [2.75, 3.05) is 6.26 Å². The van der Waals surface area contributed by atoms with Gasteiger partial charge in [0.1, 0.15) is 6.04 Å². The molecular formula is C28H26N2O4S3. The van der Waals surface area contributed by atoms with E-state index in [0.717, 1.165) is 27.1 Å². The first-order valence-corrected chi connectivity index (χ1v) is 15.2. The number of hydrogen-bond acceptors (Lipinski definition) is 6. The van der Waals surface area contributed by atoms with Crippen LogP contribution in [0.15, 0.2) is 113 Å². The average molecular weight is 551 g/mol. The molecule has 2 N–H and O–H groups in total. The number of nitrogens with one attached hydrogen (secondary N) is 1. The lowest BCUT2D eigenvalue weighted by molar-refractivity contribution is -0.139. The predicted molar refractivity (Wildman–Crippen MR) is 150 cm³/mol. The van der Waals surface area contributed by atoms with E-state index in [9.17, 15) is 18.3 Å². The molecule has 1 heterocycles. The van der Waals surface area contributed by atoms with Crippen molar-refractivity contribution >= 4 is 39.5 Å². The molecule has 9 heteroatoms. The number of sulfonamides is 1. The molecule has 0 saturated carbocycles. The van der Waals surface area contributed by atoms with Gasteiger partial charge in [-0.1, -0.05) is 54.6 Å². The van der Waals surface area contributed by atoms with Gasteiger partial charge >= 0.3 is 5.97 Å². The highest BCUT2D eigenvalue weighted by Gasteiger charge is 2.34. The molecule has 190 valence electrons. The summed E-state index contributed by atoms with van der Waals surface area (Å²) in [5.74, 6) is -0.748. The Morgan fingerprint density at radius 3 is 2.05 bits per heavy atom. The minimum Gasteiger partial charge on any atom is -0.480 e. The summed E-state index contributed by atoms with van der Waals surface area (Å²) in [7, 11) is -4.11. The summed E-state index contributed by atoms with van der Waals surface area (Å²) in [5, 5.41) is 9.44. The highest BCUT2D eigenvalue weighted by Crippen LogP contribution is 2.35. The second-order valence-electron chi connectivity index (χ2n) is 8.19. The van der Waals surface area contributed by atoms with Gasteiger partial charge in [0, 0.05) is 23.0 Å². The molecule has 2 unspecified atom stereocenters. The fourth-order valence-corrected chi connectivity index (χ4v) is 6.77. The van der Waals surface area contributed by atoms with Crippen LogP contribution in [-0.2, 0) is 20.6 Å². The zero-order valence-electron chi connectivity index (χ0n) is 20.0. The molecule has 37 heavy (non-hydrogen) atoms. The van der Waals surface area contributed by atoms with E-state index in [1.807, 2.05) is 73.0 Å². The number of aromatic nitrogens is 1. The first-order valence-electron chi connectivity index (χ1n) is 11.4. The lowest BCUT2D eigenvalue weighted by Crippen LogP contribution is -2.44. The first kappa shape index (κ1) is 26.9. The summed E-state index contributed by atoms with van der Waals surface area (Å²) >= 11 is 3.01. The third-order valence-corrected chi connectivity index (χ3v) is 9.35. The second-order valence-corrected chi connectivity index (χ2v) is 11.9. The first-order chi connectivity index (χ1) is 17.9. The molecule has 0 amide bonds. The van der Waals surface area contributed by atoms with Gasteiger partial charge in [-0.15, -0.1) is 23.5 Å². The van der Waals surface area contributed by atoms with Crippen LogP contribution in [0.4, 0.5) is 0 Å². The van der Waals surface area contributed by atoms with Gasteiger partial charge in [-0.25, -0.2) is 8.42 Å². The maximum Gasteiger partial charge on any atom is 0.323 e. The van der Waals surface area contributed by atoms with Crippen molar-refractivity contribution in [2.24, 2.45) is 0 Å². The molecule has 0 spiro atoms. The lowest BCUT2D eigenvalue weighted by atomic mass is 10.1. The van der Waals surface area contributed by atoms with Crippen LogP contribution in [0.5, 0.6) is 0 Å². The predicted octanol–water partition coefficient (Wildman–Crippen LogP) is 5.88. The summed E-state index contributed by atoms with van der Waals surface area (Å²) in [6.07, 6.45) is 5.35.